The van der Waals surface area contributed by atoms with E-state index in [0.717, 1.165) is 0 Å². The average Bonchev–Trinajstić information content (AvgIpc) is 3.08. The Morgan fingerprint density at radius 3 is 2.85 bits per heavy atom. The molecule has 2 rings (SSSR count). The molecule has 2 heterocycles. The van der Waals surface area contributed by atoms with E-state index < -0.39 is 0 Å². The Labute approximate surface area is 119 Å². The van der Waals surface area contributed by atoms with Crippen LogP contribution >= 0.6 is 0 Å². The zero-order chi connectivity index (χ0) is 14.5. The van der Waals surface area contributed by atoms with Gasteiger partial charge in [0, 0.05) is 45.0 Å². The third-order valence-electron chi connectivity index (χ3n) is 3.80. The van der Waals surface area contributed by atoms with Crippen LogP contribution in [-0.2, 0) is 16.1 Å². The second-order valence-corrected chi connectivity index (χ2v) is 5.02. The molecule has 0 N–H and O–H groups in total. The number of carbonyl (C=O) groups is 2. The van der Waals surface area contributed by atoms with Gasteiger partial charge in [-0.2, -0.15) is 5.10 Å². The van der Waals surface area contributed by atoms with Gasteiger partial charge in [0.25, 0.3) is 0 Å². The fraction of sp³-hybridized carbons (Fsp3) is 0.643. The SMILES string of the molecule is CCN1C[C@H](C(=O)N(CC)CCn2cccn2)CC1=O. The third-order valence-corrected chi connectivity index (χ3v) is 3.80. The second kappa shape index (κ2) is 6.54. The number of aromatic nitrogens is 2. The summed E-state index contributed by atoms with van der Waals surface area (Å²) in [6, 6.07) is 1.87. The first-order chi connectivity index (χ1) is 9.65. The molecule has 0 saturated carbocycles. The first kappa shape index (κ1) is 14.6. The lowest BCUT2D eigenvalue weighted by Crippen LogP contribution is -2.39. The van der Waals surface area contributed by atoms with Crippen LogP contribution in [0.25, 0.3) is 0 Å². The molecule has 1 aromatic rings. The molecule has 2 amide bonds. The molecule has 0 aromatic carbocycles. The maximum Gasteiger partial charge on any atom is 0.228 e. The number of hydrogen-bond acceptors (Lipinski definition) is 3. The highest BCUT2D eigenvalue weighted by atomic mass is 16.2. The average molecular weight is 278 g/mol. The Balaban J connectivity index is 1.90. The molecule has 110 valence electrons. The van der Waals surface area contributed by atoms with E-state index >= 15 is 0 Å². The normalized spacial score (nSPS) is 18.6. The number of rotatable bonds is 6. The maximum atomic E-state index is 12.5. The molecule has 1 saturated heterocycles. The van der Waals surface area contributed by atoms with E-state index in [1.54, 1.807) is 11.1 Å². The zero-order valence-corrected chi connectivity index (χ0v) is 12.2. The standard InChI is InChI=1S/C14H22N4O2/c1-3-16(8-9-18-7-5-6-15-18)14(20)12-10-13(19)17(4-2)11-12/h5-7,12H,3-4,8-11H2,1-2H3/t12-/m1/s1. The summed E-state index contributed by atoms with van der Waals surface area (Å²) >= 11 is 0. The quantitative estimate of drug-likeness (QED) is 0.765. The molecule has 1 fully saturated rings. The van der Waals surface area contributed by atoms with Crippen molar-refractivity contribution in [3.63, 3.8) is 0 Å². The topological polar surface area (TPSA) is 58.4 Å². The van der Waals surface area contributed by atoms with Gasteiger partial charge < -0.3 is 9.80 Å². The van der Waals surface area contributed by atoms with Crippen molar-refractivity contribution < 1.29 is 9.59 Å². The van der Waals surface area contributed by atoms with Gasteiger partial charge in [0.2, 0.25) is 11.8 Å². The van der Waals surface area contributed by atoms with Crippen molar-refractivity contribution in [1.82, 2.24) is 19.6 Å². The molecule has 6 heteroatoms. The van der Waals surface area contributed by atoms with Crippen LogP contribution in [0.4, 0.5) is 0 Å². The first-order valence-corrected chi connectivity index (χ1v) is 7.19. The molecule has 0 aliphatic carbocycles. The molecular weight excluding hydrogens is 256 g/mol. The molecule has 0 bridgehead atoms. The van der Waals surface area contributed by atoms with Crippen LogP contribution in [-0.4, -0.2) is 57.6 Å². The van der Waals surface area contributed by atoms with Gasteiger partial charge in [-0.05, 0) is 19.9 Å². The number of likely N-dealkylation sites (N-methyl/N-ethyl adjacent to an activating group) is 1. The first-order valence-electron chi connectivity index (χ1n) is 7.19. The van der Waals surface area contributed by atoms with Crippen LogP contribution in [0.1, 0.15) is 20.3 Å². The maximum absolute atomic E-state index is 12.5. The zero-order valence-electron chi connectivity index (χ0n) is 12.2. The van der Waals surface area contributed by atoms with E-state index in [0.29, 0.717) is 39.1 Å². The number of nitrogens with zero attached hydrogens (tertiary/aromatic N) is 4. The summed E-state index contributed by atoms with van der Waals surface area (Å²) < 4.78 is 1.81. The summed E-state index contributed by atoms with van der Waals surface area (Å²) in [5.41, 5.74) is 0. The predicted molar refractivity (Wildman–Crippen MR) is 74.8 cm³/mol. The smallest absolute Gasteiger partial charge is 0.228 e. The Bertz CT molecular complexity index is 458. The minimum atomic E-state index is -0.181. The van der Waals surface area contributed by atoms with E-state index in [9.17, 15) is 9.59 Å². The van der Waals surface area contributed by atoms with E-state index in [1.807, 2.05) is 35.7 Å². The van der Waals surface area contributed by atoms with Crippen molar-refractivity contribution in [2.75, 3.05) is 26.2 Å². The van der Waals surface area contributed by atoms with Crippen molar-refractivity contribution in [1.29, 1.82) is 0 Å². The van der Waals surface area contributed by atoms with Gasteiger partial charge in [-0.15, -0.1) is 0 Å². The van der Waals surface area contributed by atoms with Crippen LogP contribution in [0, 0.1) is 5.92 Å². The van der Waals surface area contributed by atoms with E-state index in [-0.39, 0.29) is 17.7 Å². The van der Waals surface area contributed by atoms with E-state index in [1.165, 1.54) is 0 Å². The lowest BCUT2D eigenvalue weighted by Gasteiger charge is -2.24. The van der Waals surface area contributed by atoms with Crippen molar-refractivity contribution in [2.24, 2.45) is 5.92 Å². The van der Waals surface area contributed by atoms with Crippen molar-refractivity contribution in [3.05, 3.63) is 18.5 Å². The number of hydrogen-bond donors (Lipinski definition) is 0. The van der Waals surface area contributed by atoms with E-state index in [4.69, 9.17) is 0 Å². The number of amides is 2. The Morgan fingerprint density at radius 1 is 1.50 bits per heavy atom. The molecule has 1 aliphatic heterocycles. The molecule has 6 nitrogen and oxygen atoms in total. The Morgan fingerprint density at radius 2 is 2.30 bits per heavy atom. The summed E-state index contributed by atoms with van der Waals surface area (Å²) in [6.45, 7) is 7.14. The highest BCUT2D eigenvalue weighted by Crippen LogP contribution is 2.19. The van der Waals surface area contributed by atoms with Crippen molar-refractivity contribution in [2.45, 2.75) is 26.8 Å². The molecule has 1 aromatic heterocycles. The van der Waals surface area contributed by atoms with Crippen LogP contribution in [0.3, 0.4) is 0 Å². The van der Waals surface area contributed by atoms with E-state index in [2.05, 4.69) is 5.10 Å². The molecule has 20 heavy (non-hydrogen) atoms. The Hall–Kier alpha value is -1.85. The van der Waals surface area contributed by atoms with Gasteiger partial charge in [-0.25, -0.2) is 0 Å². The fourth-order valence-electron chi connectivity index (χ4n) is 2.58. The lowest BCUT2D eigenvalue weighted by atomic mass is 10.1. The van der Waals surface area contributed by atoms with Gasteiger partial charge >= 0.3 is 0 Å². The van der Waals surface area contributed by atoms with Crippen LogP contribution < -0.4 is 0 Å². The summed E-state index contributed by atoms with van der Waals surface area (Å²) in [6.07, 6.45) is 3.97. The fourth-order valence-corrected chi connectivity index (χ4v) is 2.58. The molecule has 0 radical (unpaired) electrons. The van der Waals surface area contributed by atoms with Gasteiger partial charge in [0.05, 0.1) is 12.5 Å². The monoisotopic (exact) mass is 278 g/mol. The summed E-state index contributed by atoms with van der Waals surface area (Å²) in [4.78, 5) is 27.7. The molecule has 1 aliphatic rings. The summed E-state index contributed by atoms with van der Waals surface area (Å²) in [7, 11) is 0. The predicted octanol–water partition coefficient (Wildman–Crippen LogP) is 0.600. The third kappa shape index (κ3) is 3.18. The van der Waals surface area contributed by atoms with Crippen molar-refractivity contribution in [3.8, 4) is 0 Å². The van der Waals surface area contributed by atoms with Crippen LogP contribution in [0.5, 0.6) is 0 Å². The van der Waals surface area contributed by atoms with Gasteiger partial charge in [-0.3, -0.25) is 14.3 Å². The van der Waals surface area contributed by atoms with Crippen LogP contribution in [0.15, 0.2) is 18.5 Å². The largest absolute Gasteiger partial charge is 0.342 e. The van der Waals surface area contributed by atoms with Gasteiger partial charge in [0.15, 0.2) is 0 Å². The summed E-state index contributed by atoms with van der Waals surface area (Å²) in [5, 5.41) is 4.13. The number of carbonyl (C=O) groups excluding carboxylic acids is 2. The minimum absolute atomic E-state index is 0.0870. The van der Waals surface area contributed by atoms with Crippen molar-refractivity contribution >= 4 is 11.8 Å². The lowest BCUT2D eigenvalue weighted by molar-refractivity contribution is -0.135. The molecular formula is C14H22N4O2. The van der Waals surface area contributed by atoms with Crippen LogP contribution in [0.2, 0.25) is 0 Å². The number of likely N-dealkylation sites (tertiary alicyclic amines) is 1. The second-order valence-electron chi connectivity index (χ2n) is 5.02. The summed E-state index contributed by atoms with van der Waals surface area (Å²) in [5.74, 6) is -0.00189. The van der Waals surface area contributed by atoms with Gasteiger partial charge in [-0.1, -0.05) is 0 Å². The minimum Gasteiger partial charge on any atom is -0.342 e. The Kier molecular flexibility index (Phi) is 4.76. The molecule has 0 unspecified atom stereocenters. The molecule has 0 spiro atoms. The van der Waals surface area contributed by atoms with Gasteiger partial charge in [0.1, 0.15) is 0 Å². The molecule has 1 atom stereocenters. The highest BCUT2D eigenvalue weighted by Gasteiger charge is 2.35. The highest BCUT2D eigenvalue weighted by molar-refractivity contribution is 5.89.